The molecule has 1 aromatic carbocycles. The van der Waals surface area contributed by atoms with Crippen LogP contribution in [0.15, 0.2) is 43.0 Å². The molecular weight excluding hydrogens is 308 g/mol. The molecule has 1 unspecified atom stereocenters. The number of hydrogen-bond donors (Lipinski definition) is 2. The van der Waals surface area contributed by atoms with Crippen molar-refractivity contribution >= 4 is 8.80 Å². The van der Waals surface area contributed by atoms with Gasteiger partial charge in [0.15, 0.2) is 0 Å². The quantitative estimate of drug-likeness (QED) is 0.348. The lowest BCUT2D eigenvalue weighted by molar-refractivity contribution is -0.00760. The molecule has 1 atom stereocenters. The summed E-state index contributed by atoms with van der Waals surface area (Å²) in [7, 11) is 0.509. The number of nitrogens with two attached hydrogens (primary N) is 1. The maximum Gasteiger partial charge on any atom is 0.502 e. The van der Waals surface area contributed by atoms with Crippen LogP contribution >= 0.6 is 0 Å². The molecule has 3 N–H and O–H groups in total. The molecule has 0 fully saturated rings. The molecule has 0 radical (unpaired) electrons. The summed E-state index contributed by atoms with van der Waals surface area (Å²) in [4.78, 5) is 0. The van der Waals surface area contributed by atoms with Crippen molar-refractivity contribution in [2.45, 2.75) is 31.5 Å². The average molecular weight is 339 g/mol. The third kappa shape index (κ3) is 5.84. The van der Waals surface area contributed by atoms with Crippen molar-refractivity contribution in [2.24, 2.45) is 5.73 Å². The van der Waals surface area contributed by atoms with Gasteiger partial charge in [-0.3, -0.25) is 5.32 Å². The molecule has 0 amide bonds. The summed E-state index contributed by atoms with van der Waals surface area (Å²) in [5.41, 5.74) is 6.04. The average Bonchev–Trinajstić information content (AvgIpc) is 2.60. The van der Waals surface area contributed by atoms with Gasteiger partial charge in [0.25, 0.3) is 0 Å². The molecule has 0 saturated heterocycles. The Hall–Kier alpha value is -1.02. The van der Waals surface area contributed by atoms with E-state index in [1.165, 1.54) is 0 Å². The van der Waals surface area contributed by atoms with E-state index >= 15 is 0 Å². The van der Waals surface area contributed by atoms with Crippen molar-refractivity contribution in [3.05, 3.63) is 48.6 Å². The molecule has 1 rings (SSSR count). The van der Waals surface area contributed by atoms with Crippen molar-refractivity contribution in [1.29, 1.82) is 0 Å². The number of rotatable bonds is 12. The summed E-state index contributed by atoms with van der Waals surface area (Å²) in [5.74, 6) is 0. The van der Waals surface area contributed by atoms with Crippen molar-refractivity contribution in [3.8, 4) is 0 Å². The Bertz CT molecular complexity index is 454. The van der Waals surface area contributed by atoms with Crippen molar-refractivity contribution < 1.29 is 13.3 Å². The maximum absolute atomic E-state index is 6.43. The van der Waals surface area contributed by atoms with Gasteiger partial charge < -0.3 is 19.0 Å². The zero-order valence-electron chi connectivity index (χ0n) is 14.5. The molecule has 23 heavy (non-hydrogen) atoms. The molecule has 0 aliphatic heterocycles. The molecule has 0 heterocycles. The van der Waals surface area contributed by atoms with Gasteiger partial charge in [-0.1, -0.05) is 50.3 Å². The normalized spacial score (nSPS) is 14.4. The fourth-order valence-electron chi connectivity index (χ4n) is 2.51. The highest BCUT2D eigenvalue weighted by molar-refractivity contribution is 6.60. The zero-order valence-corrected chi connectivity index (χ0v) is 15.5. The van der Waals surface area contributed by atoms with E-state index in [0.29, 0.717) is 19.5 Å². The third-order valence-corrected chi connectivity index (χ3v) is 6.76. The number of nitrogens with one attached hydrogen (secondary N) is 1. The highest BCUT2D eigenvalue weighted by Gasteiger charge is 2.45. The van der Waals surface area contributed by atoms with Crippen LogP contribution in [-0.2, 0) is 19.7 Å². The van der Waals surface area contributed by atoms with Gasteiger partial charge in [-0.2, -0.15) is 0 Å². The topological polar surface area (TPSA) is 65.7 Å². The first-order valence-electron chi connectivity index (χ1n) is 8.02. The van der Waals surface area contributed by atoms with Gasteiger partial charge >= 0.3 is 8.80 Å². The van der Waals surface area contributed by atoms with Gasteiger partial charge in [0, 0.05) is 39.8 Å². The number of benzene rings is 1. The first kappa shape index (κ1) is 20.0. The molecule has 0 saturated carbocycles. The minimum absolute atomic E-state index is 0.510. The van der Waals surface area contributed by atoms with E-state index in [4.69, 9.17) is 19.0 Å². The first-order chi connectivity index (χ1) is 11.1. The van der Waals surface area contributed by atoms with E-state index in [-0.39, 0.29) is 0 Å². The lowest BCUT2D eigenvalue weighted by Gasteiger charge is -2.39. The summed E-state index contributed by atoms with van der Waals surface area (Å²) in [6, 6.07) is 10.9. The van der Waals surface area contributed by atoms with Crippen LogP contribution in [0.5, 0.6) is 0 Å². The molecule has 0 spiro atoms. The fourth-order valence-corrected chi connectivity index (χ4v) is 4.75. The Kier molecular flexibility index (Phi) is 8.68. The second-order valence-electron chi connectivity index (χ2n) is 5.41. The predicted molar refractivity (Wildman–Crippen MR) is 96.1 cm³/mol. The molecule has 0 aliphatic rings. The summed E-state index contributed by atoms with van der Waals surface area (Å²) in [6.45, 7) is 7.19. The lowest BCUT2D eigenvalue weighted by atomic mass is 10.0. The molecule has 5 nitrogen and oxygen atoms in total. The van der Waals surface area contributed by atoms with Crippen LogP contribution in [0.2, 0.25) is 6.04 Å². The number of hydrogen-bond acceptors (Lipinski definition) is 5. The van der Waals surface area contributed by atoms with E-state index in [0.717, 1.165) is 18.0 Å². The highest BCUT2D eigenvalue weighted by Crippen LogP contribution is 2.26. The van der Waals surface area contributed by atoms with Crippen LogP contribution < -0.4 is 11.1 Å². The zero-order chi connectivity index (χ0) is 17.2. The Morgan fingerprint density at radius 1 is 1.26 bits per heavy atom. The summed E-state index contributed by atoms with van der Waals surface area (Å²) in [6.07, 6.45) is 3.33. The first-order valence-corrected chi connectivity index (χ1v) is 9.95. The predicted octanol–water partition coefficient (Wildman–Crippen LogP) is 2.32. The molecule has 6 heteroatoms. The van der Waals surface area contributed by atoms with Gasteiger partial charge in [0.2, 0.25) is 0 Å². The van der Waals surface area contributed by atoms with E-state index in [2.05, 4.69) is 31.0 Å². The maximum atomic E-state index is 6.43. The van der Waals surface area contributed by atoms with Crippen LogP contribution in [0.4, 0.5) is 0 Å². The Morgan fingerprint density at radius 2 is 1.91 bits per heavy atom. The van der Waals surface area contributed by atoms with Crippen LogP contribution in [0.1, 0.15) is 18.9 Å². The van der Waals surface area contributed by atoms with Crippen LogP contribution in [0.3, 0.4) is 0 Å². The van der Waals surface area contributed by atoms with E-state index in [9.17, 15) is 0 Å². The highest BCUT2D eigenvalue weighted by atomic mass is 28.4. The third-order valence-electron chi connectivity index (χ3n) is 3.72. The lowest BCUT2D eigenvalue weighted by Crippen LogP contribution is -2.59. The van der Waals surface area contributed by atoms with Gasteiger partial charge in [-0.25, -0.2) is 0 Å². The van der Waals surface area contributed by atoms with Crippen LogP contribution in [0, 0.1) is 0 Å². The molecule has 0 aromatic heterocycles. The summed E-state index contributed by atoms with van der Waals surface area (Å²) < 4.78 is 17.8. The second kappa shape index (κ2) is 9.97. The molecule has 0 aliphatic carbocycles. The molecular formula is C17H30N2O3Si. The van der Waals surface area contributed by atoms with Crippen LogP contribution in [-0.4, -0.2) is 41.8 Å². The van der Waals surface area contributed by atoms with Gasteiger partial charge in [-0.05, 0) is 11.6 Å². The van der Waals surface area contributed by atoms with E-state index < -0.39 is 14.5 Å². The van der Waals surface area contributed by atoms with Gasteiger partial charge in [0.05, 0.1) is 0 Å². The van der Waals surface area contributed by atoms with Gasteiger partial charge in [-0.15, -0.1) is 0 Å². The minimum atomic E-state index is -2.78. The summed E-state index contributed by atoms with van der Waals surface area (Å²) in [5, 5.41) is 3.37. The molecule has 130 valence electrons. The van der Waals surface area contributed by atoms with Crippen molar-refractivity contribution in [1.82, 2.24) is 5.32 Å². The minimum Gasteiger partial charge on any atom is -0.377 e. The Labute approximate surface area is 141 Å². The Balaban J connectivity index is 3.08. The fraction of sp³-hybridized carbons (Fsp3) is 0.529. The monoisotopic (exact) mass is 338 g/mol. The second-order valence-corrected chi connectivity index (χ2v) is 8.30. The van der Waals surface area contributed by atoms with Gasteiger partial charge in [0.1, 0.15) is 5.72 Å². The largest absolute Gasteiger partial charge is 0.502 e. The van der Waals surface area contributed by atoms with E-state index in [1.807, 2.05) is 18.2 Å². The molecule has 1 aromatic rings. The van der Waals surface area contributed by atoms with Crippen molar-refractivity contribution in [3.63, 3.8) is 0 Å². The molecule has 0 bridgehead atoms. The smallest absolute Gasteiger partial charge is 0.377 e. The van der Waals surface area contributed by atoms with Crippen molar-refractivity contribution in [2.75, 3.05) is 27.3 Å². The SMILES string of the molecule is C=CC(Cc1ccccc1)(NCCN)O[Si](CCC)(OC)OC. The Morgan fingerprint density at radius 3 is 2.39 bits per heavy atom. The van der Waals surface area contributed by atoms with E-state index in [1.54, 1.807) is 20.3 Å². The standard InChI is InChI=1S/C17H30N2O3Si/c1-5-14-23(20-3,21-4)22-17(6-2,19-13-12-18)15-16-10-8-7-9-11-16/h6-11,19H,2,5,12-15,18H2,1,3-4H3. The summed E-state index contributed by atoms with van der Waals surface area (Å²) >= 11 is 0. The van der Waals surface area contributed by atoms with Crippen LogP contribution in [0.25, 0.3) is 0 Å².